The van der Waals surface area contributed by atoms with Crippen molar-refractivity contribution in [2.24, 2.45) is 11.3 Å². The Morgan fingerprint density at radius 3 is 2.60 bits per heavy atom. The highest BCUT2D eigenvalue weighted by molar-refractivity contribution is 5.83. The zero-order chi connectivity index (χ0) is 11.1. The summed E-state index contributed by atoms with van der Waals surface area (Å²) in [6, 6.07) is 0.125. The SMILES string of the molecule is CC(C)[C@@]1(C)CCN(C(=O)C2CCN2)C1. The van der Waals surface area contributed by atoms with Crippen LogP contribution < -0.4 is 5.32 Å². The maximum absolute atomic E-state index is 12.0. The van der Waals surface area contributed by atoms with E-state index in [0.29, 0.717) is 17.2 Å². The van der Waals surface area contributed by atoms with E-state index in [9.17, 15) is 4.79 Å². The second-order valence-corrected chi connectivity index (χ2v) is 5.61. The molecule has 0 saturated carbocycles. The van der Waals surface area contributed by atoms with Crippen molar-refractivity contribution in [3.05, 3.63) is 0 Å². The van der Waals surface area contributed by atoms with E-state index >= 15 is 0 Å². The van der Waals surface area contributed by atoms with Gasteiger partial charge in [0.2, 0.25) is 5.91 Å². The number of rotatable bonds is 2. The highest BCUT2D eigenvalue weighted by Gasteiger charge is 2.40. The molecule has 2 rings (SSSR count). The van der Waals surface area contributed by atoms with Crippen LogP contribution in [-0.2, 0) is 4.79 Å². The van der Waals surface area contributed by atoms with Crippen molar-refractivity contribution in [3.63, 3.8) is 0 Å². The summed E-state index contributed by atoms with van der Waals surface area (Å²) in [6.45, 7) is 9.73. The molecule has 1 N–H and O–H groups in total. The molecule has 2 heterocycles. The Labute approximate surface area is 92.2 Å². The van der Waals surface area contributed by atoms with Gasteiger partial charge in [0.05, 0.1) is 6.04 Å². The van der Waals surface area contributed by atoms with Gasteiger partial charge >= 0.3 is 0 Å². The Balaban J connectivity index is 1.94. The third-order valence-corrected chi connectivity index (χ3v) is 4.33. The van der Waals surface area contributed by atoms with Crippen LogP contribution in [-0.4, -0.2) is 36.5 Å². The first-order valence-corrected chi connectivity index (χ1v) is 6.05. The minimum atomic E-state index is 0.125. The third kappa shape index (κ3) is 1.89. The van der Waals surface area contributed by atoms with E-state index < -0.39 is 0 Å². The molecule has 0 bridgehead atoms. The van der Waals surface area contributed by atoms with Crippen LogP contribution in [0.25, 0.3) is 0 Å². The van der Waals surface area contributed by atoms with E-state index in [2.05, 4.69) is 31.0 Å². The Kier molecular flexibility index (Phi) is 2.75. The van der Waals surface area contributed by atoms with Crippen molar-refractivity contribution in [1.82, 2.24) is 10.2 Å². The lowest BCUT2D eigenvalue weighted by Gasteiger charge is -2.33. The lowest BCUT2D eigenvalue weighted by molar-refractivity contribution is -0.134. The van der Waals surface area contributed by atoms with Gasteiger partial charge in [0.15, 0.2) is 0 Å². The number of nitrogens with one attached hydrogen (secondary N) is 1. The molecule has 1 unspecified atom stereocenters. The van der Waals surface area contributed by atoms with E-state index in [-0.39, 0.29) is 6.04 Å². The number of nitrogens with zero attached hydrogens (tertiary/aromatic N) is 1. The second kappa shape index (κ2) is 3.78. The van der Waals surface area contributed by atoms with Crippen LogP contribution in [0.3, 0.4) is 0 Å². The number of likely N-dealkylation sites (tertiary alicyclic amines) is 1. The molecule has 0 aromatic rings. The monoisotopic (exact) mass is 210 g/mol. The van der Waals surface area contributed by atoms with Crippen LogP contribution in [0.5, 0.6) is 0 Å². The van der Waals surface area contributed by atoms with Crippen molar-refractivity contribution in [2.45, 2.75) is 39.7 Å². The van der Waals surface area contributed by atoms with Crippen LogP contribution in [0, 0.1) is 11.3 Å². The standard InChI is InChI=1S/C12H22N2O/c1-9(2)12(3)5-7-14(8-12)11(15)10-4-6-13-10/h9-10,13H,4-8H2,1-3H3/t10?,12-/m0/s1. The highest BCUT2D eigenvalue weighted by atomic mass is 16.2. The number of carbonyl (C=O) groups excluding carboxylic acids is 1. The Morgan fingerprint density at radius 2 is 2.20 bits per heavy atom. The summed E-state index contributed by atoms with van der Waals surface area (Å²) < 4.78 is 0. The highest BCUT2D eigenvalue weighted by Crippen LogP contribution is 2.37. The van der Waals surface area contributed by atoms with Gasteiger partial charge in [0.25, 0.3) is 0 Å². The molecular formula is C12H22N2O. The number of hydrogen-bond acceptors (Lipinski definition) is 2. The Bertz CT molecular complexity index is 260. The summed E-state index contributed by atoms with van der Waals surface area (Å²) >= 11 is 0. The van der Waals surface area contributed by atoms with Crippen molar-refractivity contribution in [2.75, 3.05) is 19.6 Å². The molecule has 0 aromatic heterocycles. The number of amides is 1. The minimum Gasteiger partial charge on any atom is -0.341 e. The fourth-order valence-corrected chi connectivity index (χ4v) is 2.36. The zero-order valence-corrected chi connectivity index (χ0v) is 10.0. The molecule has 0 aliphatic carbocycles. The van der Waals surface area contributed by atoms with Crippen LogP contribution in [0.1, 0.15) is 33.6 Å². The summed E-state index contributed by atoms with van der Waals surface area (Å²) in [4.78, 5) is 14.1. The second-order valence-electron chi connectivity index (χ2n) is 5.61. The molecule has 0 aromatic carbocycles. The molecule has 2 fully saturated rings. The minimum absolute atomic E-state index is 0.125. The first kappa shape index (κ1) is 10.9. The van der Waals surface area contributed by atoms with Crippen LogP contribution in [0.2, 0.25) is 0 Å². The Hall–Kier alpha value is -0.570. The maximum Gasteiger partial charge on any atom is 0.239 e. The number of hydrogen-bond donors (Lipinski definition) is 1. The van der Waals surface area contributed by atoms with Gasteiger partial charge in [-0.15, -0.1) is 0 Å². The van der Waals surface area contributed by atoms with Gasteiger partial charge in [-0.25, -0.2) is 0 Å². The smallest absolute Gasteiger partial charge is 0.239 e. The molecule has 0 radical (unpaired) electrons. The fourth-order valence-electron chi connectivity index (χ4n) is 2.36. The normalized spacial score (nSPS) is 35.7. The molecule has 3 nitrogen and oxygen atoms in total. The van der Waals surface area contributed by atoms with Crippen LogP contribution in [0.15, 0.2) is 0 Å². The molecule has 3 heteroatoms. The Morgan fingerprint density at radius 1 is 1.53 bits per heavy atom. The summed E-state index contributed by atoms with van der Waals surface area (Å²) in [5.74, 6) is 0.982. The zero-order valence-electron chi connectivity index (χ0n) is 10.0. The van der Waals surface area contributed by atoms with Gasteiger partial charge in [-0.3, -0.25) is 4.79 Å². The molecule has 15 heavy (non-hydrogen) atoms. The molecule has 2 aliphatic heterocycles. The van der Waals surface area contributed by atoms with Gasteiger partial charge in [-0.05, 0) is 30.7 Å². The third-order valence-electron chi connectivity index (χ3n) is 4.33. The van der Waals surface area contributed by atoms with Gasteiger partial charge in [-0.2, -0.15) is 0 Å². The van der Waals surface area contributed by atoms with Gasteiger partial charge in [-0.1, -0.05) is 20.8 Å². The average Bonchev–Trinajstić information content (AvgIpc) is 2.46. The summed E-state index contributed by atoms with van der Waals surface area (Å²) in [5, 5.41) is 3.19. The van der Waals surface area contributed by atoms with Gasteiger partial charge < -0.3 is 10.2 Å². The molecule has 2 aliphatic rings. The molecule has 0 spiro atoms. The topological polar surface area (TPSA) is 32.3 Å². The van der Waals surface area contributed by atoms with Gasteiger partial charge in [0.1, 0.15) is 0 Å². The summed E-state index contributed by atoms with van der Waals surface area (Å²) in [6.07, 6.45) is 2.18. The predicted octanol–water partition coefficient (Wildman–Crippen LogP) is 1.24. The van der Waals surface area contributed by atoms with Crippen molar-refractivity contribution < 1.29 is 4.79 Å². The lowest BCUT2D eigenvalue weighted by atomic mass is 9.78. The van der Waals surface area contributed by atoms with E-state index in [1.807, 2.05) is 0 Å². The summed E-state index contributed by atoms with van der Waals surface area (Å²) in [7, 11) is 0. The predicted molar refractivity (Wildman–Crippen MR) is 60.5 cm³/mol. The van der Waals surface area contributed by atoms with Crippen LogP contribution in [0.4, 0.5) is 0 Å². The van der Waals surface area contributed by atoms with E-state index in [1.165, 1.54) is 0 Å². The van der Waals surface area contributed by atoms with Crippen LogP contribution >= 0.6 is 0 Å². The largest absolute Gasteiger partial charge is 0.341 e. The first-order valence-electron chi connectivity index (χ1n) is 6.05. The molecule has 86 valence electrons. The number of carbonyl (C=O) groups is 1. The van der Waals surface area contributed by atoms with E-state index in [4.69, 9.17) is 0 Å². The fraction of sp³-hybridized carbons (Fsp3) is 0.917. The molecular weight excluding hydrogens is 188 g/mol. The lowest BCUT2D eigenvalue weighted by Crippen LogP contribution is -2.54. The quantitative estimate of drug-likeness (QED) is 0.744. The van der Waals surface area contributed by atoms with Crippen molar-refractivity contribution in [1.29, 1.82) is 0 Å². The molecule has 1 amide bonds. The molecule has 2 saturated heterocycles. The van der Waals surface area contributed by atoms with E-state index in [0.717, 1.165) is 32.5 Å². The van der Waals surface area contributed by atoms with Gasteiger partial charge in [0, 0.05) is 13.1 Å². The van der Waals surface area contributed by atoms with Crippen molar-refractivity contribution >= 4 is 5.91 Å². The van der Waals surface area contributed by atoms with Crippen molar-refractivity contribution in [3.8, 4) is 0 Å². The maximum atomic E-state index is 12.0. The first-order chi connectivity index (χ1) is 7.03. The molecule has 2 atom stereocenters. The van der Waals surface area contributed by atoms with E-state index in [1.54, 1.807) is 0 Å². The summed E-state index contributed by atoms with van der Waals surface area (Å²) in [5.41, 5.74) is 0.333. The average molecular weight is 210 g/mol.